The fourth-order valence-electron chi connectivity index (χ4n) is 2.08. The number of benzene rings is 2. The van der Waals surface area contributed by atoms with Crippen LogP contribution in [-0.4, -0.2) is 22.7 Å². The van der Waals surface area contributed by atoms with E-state index < -0.39 is 0 Å². The Bertz CT molecular complexity index is 864. The Morgan fingerprint density at radius 1 is 1.25 bits per heavy atom. The smallest absolute Gasteiger partial charge is 0.262 e. The topological polar surface area (TPSA) is 77.2 Å². The molecular weight excluding hydrogens is 330 g/mol. The van der Waals surface area contributed by atoms with Gasteiger partial charge in [-0.3, -0.25) is 4.79 Å². The zero-order valence-corrected chi connectivity index (χ0v) is 13.6. The molecule has 24 heavy (non-hydrogen) atoms. The maximum atomic E-state index is 12.0. The Labute approximate surface area is 143 Å². The number of carbonyl (C=O) groups is 1. The molecule has 0 aliphatic carbocycles. The summed E-state index contributed by atoms with van der Waals surface area (Å²) >= 11 is 5.89. The van der Waals surface area contributed by atoms with Crippen molar-refractivity contribution < 1.29 is 14.1 Å². The van der Waals surface area contributed by atoms with E-state index in [-0.39, 0.29) is 12.5 Å². The molecule has 1 N–H and O–H groups in total. The van der Waals surface area contributed by atoms with Gasteiger partial charge >= 0.3 is 0 Å². The zero-order chi connectivity index (χ0) is 16.9. The van der Waals surface area contributed by atoms with Gasteiger partial charge in [0.2, 0.25) is 0 Å². The molecule has 1 amide bonds. The summed E-state index contributed by atoms with van der Waals surface area (Å²) in [5, 5.41) is 7.02. The van der Waals surface area contributed by atoms with Gasteiger partial charge in [-0.1, -0.05) is 35.0 Å². The summed E-state index contributed by atoms with van der Waals surface area (Å²) in [4.78, 5) is 16.2. The van der Waals surface area contributed by atoms with E-state index in [9.17, 15) is 4.79 Å². The molecule has 0 atom stereocenters. The van der Waals surface area contributed by atoms with Crippen molar-refractivity contribution in [3.63, 3.8) is 0 Å². The molecule has 1 heterocycles. The van der Waals surface area contributed by atoms with Gasteiger partial charge in [0.15, 0.2) is 12.4 Å². The molecule has 0 saturated heterocycles. The predicted octanol–water partition coefficient (Wildman–Crippen LogP) is 3.72. The lowest BCUT2D eigenvalue weighted by molar-refractivity contribution is -0.118. The molecule has 0 bridgehead atoms. The Morgan fingerprint density at radius 2 is 2.08 bits per heavy atom. The van der Waals surface area contributed by atoms with Gasteiger partial charge in [-0.05, 0) is 37.3 Å². The summed E-state index contributed by atoms with van der Waals surface area (Å²) in [6.45, 7) is 1.57. The van der Waals surface area contributed by atoms with E-state index in [0.717, 1.165) is 0 Å². The standard InChI is InChI=1S/C17H14ClN3O3/c1-11-19-17(24-21-11)14-7-2-3-8-15(14)23-10-16(22)20-13-6-4-5-12(18)9-13/h2-9H,10H2,1H3,(H,20,22). The van der Waals surface area contributed by atoms with Crippen molar-refractivity contribution in [2.24, 2.45) is 0 Å². The van der Waals surface area contributed by atoms with Crippen LogP contribution in [0.4, 0.5) is 5.69 Å². The molecule has 0 spiro atoms. The number of aryl methyl sites for hydroxylation is 1. The van der Waals surface area contributed by atoms with Crippen molar-refractivity contribution in [2.45, 2.75) is 6.92 Å². The van der Waals surface area contributed by atoms with Crippen molar-refractivity contribution in [1.29, 1.82) is 0 Å². The van der Waals surface area contributed by atoms with E-state index in [0.29, 0.717) is 33.7 Å². The lowest BCUT2D eigenvalue weighted by atomic mass is 10.2. The molecule has 7 heteroatoms. The molecule has 0 aliphatic rings. The van der Waals surface area contributed by atoms with Crippen molar-refractivity contribution in [3.05, 3.63) is 59.4 Å². The molecular formula is C17H14ClN3O3. The van der Waals surface area contributed by atoms with E-state index in [1.165, 1.54) is 0 Å². The largest absolute Gasteiger partial charge is 0.483 e. The number of nitrogens with zero attached hydrogens (tertiary/aromatic N) is 2. The third-order valence-electron chi connectivity index (χ3n) is 3.11. The number of hydrogen-bond donors (Lipinski definition) is 1. The molecule has 0 fully saturated rings. The van der Waals surface area contributed by atoms with Gasteiger partial charge in [0, 0.05) is 10.7 Å². The highest BCUT2D eigenvalue weighted by atomic mass is 35.5. The first-order valence-corrected chi connectivity index (χ1v) is 7.57. The van der Waals surface area contributed by atoms with E-state index in [1.807, 2.05) is 6.07 Å². The third kappa shape index (κ3) is 3.91. The molecule has 1 aromatic heterocycles. The summed E-state index contributed by atoms with van der Waals surface area (Å²) in [7, 11) is 0. The zero-order valence-electron chi connectivity index (χ0n) is 12.8. The summed E-state index contributed by atoms with van der Waals surface area (Å²) < 4.78 is 10.7. The monoisotopic (exact) mass is 343 g/mol. The van der Waals surface area contributed by atoms with Crippen LogP contribution in [0.3, 0.4) is 0 Å². The highest BCUT2D eigenvalue weighted by molar-refractivity contribution is 6.30. The van der Waals surface area contributed by atoms with Gasteiger partial charge in [0.25, 0.3) is 11.8 Å². The minimum Gasteiger partial charge on any atom is -0.483 e. The minimum atomic E-state index is -0.297. The van der Waals surface area contributed by atoms with Gasteiger partial charge in [-0.15, -0.1) is 0 Å². The van der Waals surface area contributed by atoms with E-state index >= 15 is 0 Å². The Balaban J connectivity index is 1.67. The molecule has 0 unspecified atom stereocenters. The Kier molecular flexibility index (Phi) is 4.77. The number of aromatic nitrogens is 2. The highest BCUT2D eigenvalue weighted by Gasteiger charge is 2.13. The quantitative estimate of drug-likeness (QED) is 0.764. The number of nitrogens with one attached hydrogen (secondary N) is 1. The predicted molar refractivity (Wildman–Crippen MR) is 90.0 cm³/mol. The first kappa shape index (κ1) is 16.0. The second-order valence-corrected chi connectivity index (χ2v) is 5.43. The molecule has 0 radical (unpaired) electrons. The van der Waals surface area contributed by atoms with Crippen molar-refractivity contribution in [3.8, 4) is 17.2 Å². The third-order valence-corrected chi connectivity index (χ3v) is 3.35. The number of amides is 1. The second-order valence-electron chi connectivity index (χ2n) is 4.99. The van der Waals surface area contributed by atoms with Gasteiger partial charge < -0.3 is 14.6 Å². The highest BCUT2D eigenvalue weighted by Crippen LogP contribution is 2.28. The maximum absolute atomic E-state index is 12.0. The molecule has 0 aliphatic heterocycles. The van der Waals surface area contributed by atoms with Gasteiger partial charge in [-0.2, -0.15) is 4.98 Å². The van der Waals surface area contributed by atoms with Crippen molar-refractivity contribution in [2.75, 3.05) is 11.9 Å². The average molecular weight is 344 g/mol. The Morgan fingerprint density at radius 3 is 2.83 bits per heavy atom. The van der Waals surface area contributed by atoms with Crippen LogP contribution < -0.4 is 10.1 Å². The maximum Gasteiger partial charge on any atom is 0.262 e. The molecule has 122 valence electrons. The SMILES string of the molecule is Cc1noc(-c2ccccc2OCC(=O)Nc2cccc(Cl)c2)n1. The van der Waals surface area contributed by atoms with E-state index in [1.54, 1.807) is 49.4 Å². The van der Waals surface area contributed by atoms with Gasteiger partial charge in [0.1, 0.15) is 5.75 Å². The number of halogens is 1. The summed E-state index contributed by atoms with van der Waals surface area (Å²) in [6, 6.07) is 14.1. The van der Waals surface area contributed by atoms with Crippen molar-refractivity contribution >= 4 is 23.2 Å². The van der Waals surface area contributed by atoms with Gasteiger partial charge in [-0.25, -0.2) is 0 Å². The van der Waals surface area contributed by atoms with Crippen LogP contribution in [0.1, 0.15) is 5.82 Å². The minimum absolute atomic E-state index is 0.156. The van der Waals surface area contributed by atoms with Gasteiger partial charge in [0.05, 0.1) is 5.56 Å². The molecule has 0 saturated carbocycles. The average Bonchev–Trinajstić information content (AvgIpc) is 2.99. The van der Waals surface area contributed by atoms with E-state index in [2.05, 4.69) is 15.5 Å². The van der Waals surface area contributed by atoms with Crippen LogP contribution in [0, 0.1) is 6.92 Å². The number of anilines is 1. The number of carbonyl (C=O) groups excluding carboxylic acids is 1. The summed E-state index contributed by atoms with van der Waals surface area (Å²) in [5.74, 6) is 1.06. The first-order valence-electron chi connectivity index (χ1n) is 7.20. The Hall–Kier alpha value is -2.86. The van der Waals surface area contributed by atoms with Crippen LogP contribution in [-0.2, 0) is 4.79 Å². The first-order chi connectivity index (χ1) is 11.6. The van der Waals surface area contributed by atoms with Crippen LogP contribution in [0.2, 0.25) is 5.02 Å². The van der Waals surface area contributed by atoms with Crippen LogP contribution >= 0.6 is 11.6 Å². The van der Waals surface area contributed by atoms with Crippen molar-refractivity contribution in [1.82, 2.24) is 10.1 Å². The molecule has 3 rings (SSSR count). The fraction of sp³-hybridized carbons (Fsp3) is 0.118. The molecule has 6 nitrogen and oxygen atoms in total. The lowest BCUT2D eigenvalue weighted by Gasteiger charge is -2.09. The fourth-order valence-corrected chi connectivity index (χ4v) is 2.27. The van der Waals surface area contributed by atoms with Crippen LogP contribution in [0.15, 0.2) is 53.1 Å². The van der Waals surface area contributed by atoms with Crippen LogP contribution in [0.5, 0.6) is 5.75 Å². The number of ether oxygens (including phenoxy) is 1. The van der Waals surface area contributed by atoms with Crippen LogP contribution in [0.25, 0.3) is 11.5 Å². The number of para-hydroxylation sites is 1. The molecule has 3 aromatic rings. The summed E-state index contributed by atoms with van der Waals surface area (Å²) in [6.07, 6.45) is 0. The number of rotatable bonds is 5. The molecule has 2 aromatic carbocycles. The summed E-state index contributed by atoms with van der Waals surface area (Å²) in [5.41, 5.74) is 1.24. The lowest BCUT2D eigenvalue weighted by Crippen LogP contribution is -2.20. The second kappa shape index (κ2) is 7.14. The number of hydrogen-bond acceptors (Lipinski definition) is 5. The normalized spacial score (nSPS) is 10.4. The van der Waals surface area contributed by atoms with E-state index in [4.69, 9.17) is 20.9 Å².